The van der Waals surface area contributed by atoms with Crippen molar-refractivity contribution in [2.24, 2.45) is 0 Å². The van der Waals surface area contributed by atoms with Crippen LogP contribution in [-0.4, -0.2) is 8.42 Å². The maximum absolute atomic E-state index is 13.9. The number of nitrogen functional groups attached to an aromatic ring is 1. The predicted octanol–water partition coefficient (Wildman–Crippen LogP) is 3.87. The fourth-order valence-electron chi connectivity index (χ4n) is 1.55. The number of nitrogens with one attached hydrogen (secondary N) is 1. The molecule has 0 fully saturated rings. The zero-order valence-corrected chi connectivity index (χ0v) is 14.2. The average molecular weight is 442 g/mol. The first-order valence-electron chi connectivity index (χ1n) is 5.43. The Morgan fingerprint density at radius 2 is 1.76 bits per heavy atom. The SMILES string of the molecule is Nc1cc(Br)c(F)c(S(=O)(=O)Nc2cc(Br)ccc2F)c1. The molecule has 9 heteroatoms. The highest BCUT2D eigenvalue weighted by atomic mass is 79.9. The summed E-state index contributed by atoms with van der Waals surface area (Å²) in [6.07, 6.45) is 0. The van der Waals surface area contributed by atoms with Crippen LogP contribution >= 0.6 is 31.9 Å². The summed E-state index contributed by atoms with van der Waals surface area (Å²) in [5.41, 5.74) is 5.25. The summed E-state index contributed by atoms with van der Waals surface area (Å²) in [6, 6.07) is 5.90. The van der Waals surface area contributed by atoms with Crippen LogP contribution in [0.2, 0.25) is 0 Å². The minimum atomic E-state index is -4.32. The number of hydrogen-bond acceptors (Lipinski definition) is 3. The van der Waals surface area contributed by atoms with Crippen molar-refractivity contribution in [3.8, 4) is 0 Å². The van der Waals surface area contributed by atoms with E-state index >= 15 is 0 Å². The Kier molecular flexibility index (Phi) is 4.54. The van der Waals surface area contributed by atoms with E-state index < -0.39 is 26.6 Å². The van der Waals surface area contributed by atoms with Crippen molar-refractivity contribution in [3.05, 3.63) is 50.9 Å². The maximum Gasteiger partial charge on any atom is 0.265 e. The zero-order chi connectivity index (χ0) is 15.8. The highest BCUT2D eigenvalue weighted by Crippen LogP contribution is 2.29. The smallest absolute Gasteiger partial charge is 0.265 e. The molecule has 4 nitrogen and oxygen atoms in total. The summed E-state index contributed by atoms with van der Waals surface area (Å²) in [4.78, 5) is -0.672. The Labute approximate surface area is 136 Å². The van der Waals surface area contributed by atoms with E-state index in [4.69, 9.17) is 5.73 Å². The van der Waals surface area contributed by atoms with Crippen molar-refractivity contribution >= 4 is 53.3 Å². The van der Waals surface area contributed by atoms with Crippen molar-refractivity contribution in [2.75, 3.05) is 10.5 Å². The van der Waals surface area contributed by atoms with E-state index in [1.165, 1.54) is 18.2 Å². The quantitative estimate of drug-likeness (QED) is 0.710. The van der Waals surface area contributed by atoms with Gasteiger partial charge in [0.25, 0.3) is 10.0 Å². The zero-order valence-electron chi connectivity index (χ0n) is 10.2. The van der Waals surface area contributed by atoms with Gasteiger partial charge in [-0.25, -0.2) is 17.2 Å². The lowest BCUT2D eigenvalue weighted by Gasteiger charge is -2.11. The number of anilines is 2. The molecule has 0 saturated heterocycles. The van der Waals surface area contributed by atoms with Crippen molar-refractivity contribution in [3.63, 3.8) is 0 Å². The predicted molar refractivity (Wildman–Crippen MR) is 83.4 cm³/mol. The van der Waals surface area contributed by atoms with Crippen molar-refractivity contribution in [1.82, 2.24) is 0 Å². The topological polar surface area (TPSA) is 72.2 Å². The second-order valence-corrected chi connectivity index (χ2v) is 7.47. The molecular weight excluding hydrogens is 434 g/mol. The molecule has 0 aromatic heterocycles. The van der Waals surface area contributed by atoms with Gasteiger partial charge in [0.05, 0.1) is 10.2 Å². The Morgan fingerprint density at radius 1 is 1.10 bits per heavy atom. The van der Waals surface area contributed by atoms with Crippen molar-refractivity contribution in [1.29, 1.82) is 0 Å². The summed E-state index contributed by atoms with van der Waals surface area (Å²) in [5.74, 6) is -1.79. The van der Waals surface area contributed by atoms with Gasteiger partial charge in [0.15, 0.2) is 5.82 Å². The maximum atomic E-state index is 13.9. The van der Waals surface area contributed by atoms with Gasteiger partial charge in [-0.1, -0.05) is 15.9 Å². The van der Waals surface area contributed by atoms with E-state index in [2.05, 4.69) is 31.9 Å². The lowest BCUT2D eigenvalue weighted by atomic mass is 10.3. The molecule has 0 heterocycles. The van der Waals surface area contributed by atoms with E-state index in [1.807, 2.05) is 4.72 Å². The van der Waals surface area contributed by atoms with Crippen LogP contribution in [0.15, 0.2) is 44.2 Å². The monoisotopic (exact) mass is 440 g/mol. The molecular formula is C12H8Br2F2N2O2S. The molecule has 0 spiro atoms. The molecule has 2 aromatic rings. The van der Waals surface area contributed by atoms with Gasteiger partial charge in [-0.05, 0) is 46.3 Å². The molecule has 0 aliphatic heterocycles. The molecule has 0 saturated carbocycles. The van der Waals surface area contributed by atoms with Gasteiger partial charge in [-0.3, -0.25) is 4.72 Å². The molecule has 0 atom stereocenters. The molecule has 2 aromatic carbocycles. The van der Waals surface area contributed by atoms with Gasteiger partial charge in [0, 0.05) is 10.2 Å². The third-order valence-electron chi connectivity index (χ3n) is 2.48. The second kappa shape index (κ2) is 5.90. The van der Waals surface area contributed by atoms with E-state index in [9.17, 15) is 17.2 Å². The van der Waals surface area contributed by atoms with Crippen LogP contribution in [0.5, 0.6) is 0 Å². The number of benzene rings is 2. The molecule has 0 radical (unpaired) electrons. The third kappa shape index (κ3) is 3.53. The van der Waals surface area contributed by atoms with E-state index in [0.29, 0.717) is 4.47 Å². The number of halogens is 4. The van der Waals surface area contributed by atoms with Crippen LogP contribution < -0.4 is 10.5 Å². The van der Waals surface area contributed by atoms with Crippen LogP contribution in [0, 0.1) is 11.6 Å². The standard InChI is InChI=1S/C12H8Br2F2N2O2S/c13-6-1-2-9(15)10(3-6)18-21(19,20)11-5-7(17)4-8(14)12(11)16/h1-5,18H,17H2. The van der Waals surface area contributed by atoms with Gasteiger partial charge < -0.3 is 5.73 Å². The fraction of sp³-hybridized carbons (Fsp3) is 0. The van der Waals surface area contributed by atoms with Crippen molar-refractivity contribution < 1.29 is 17.2 Å². The lowest BCUT2D eigenvalue weighted by Crippen LogP contribution is -2.16. The highest BCUT2D eigenvalue weighted by Gasteiger charge is 2.23. The van der Waals surface area contributed by atoms with Gasteiger partial charge >= 0.3 is 0 Å². The minimum Gasteiger partial charge on any atom is -0.399 e. The first-order chi connectivity index (χ1) is 9.70. The summed E-state index contributed by atoms with van der Waals surface area (Å²) in [7, 11) is -4.32. The van der Waals surface area contributed by atoms with Gasteiger partial charge in [-0.2, -0.15) is 0 Å². The van der Waals surface area contributed by atoms with E-state index in [-0.39, 0.29) is 15.8 Å². The average Bonchev–Trinajstić information content (AvgIpc) is 2.37. The number of rotatable bonds is 3. The van der Waals surface area contributed by atoms with Gasteiger partial charge in [-0.15, -0.1) is 0 Å². The molecule has 2 rings (SSSR count). The van der Waals surface area contributed by atoms with Crippen LogP contribution in [0.25, 0.3) is 0 Å². The van der Waals surface area contributed by atoms with Crippen molar-refractivity contribution in [2.45, 2.75) is 4.90 Å². The molecule has 21 heavy (non-hydrogen) atoms. The van der Waals surface area contributed by atoms with Crippen LogP contribution in [0.4, 0.5) is 20.2 Å². The number of nitrogens with two attached hydrogens (primary N) is 1. The molecule has 112 valence electrons. The van der Waals surface area contributed by atoms with Gasteiger partial charge in [0.2, 0.25) is 0 Å². The fourth-order valence-corrected chi connectivity index (χ4v) is 3.72. The van der Waals surface area contributed by atoms with Gasteiger partial charge in [0.1, 0.15) is 10.7 Å². The number of hydrogen-bond donors (Lipinski definition) is 2. The van der Waals surface area contributed by atoms with Crippen LogP contribution in [-0.2, 0) is 10.0 Å². The molecule has 0 bridgehead atoms. The Morgan fingerprint density at radius 3 is 2.43 bits per heavy atom. The summed E-state index contributed by atoms with van der Waals surface area (Å²) < 4.78 is 54.3. The number of sulfonamides is 1. The molecule has 0 aliphatic carbocycles. The normalized spacial score (nSPS) is 11.4. The Balaban J connectivity index is 2.51. The molecule has 0 unspecified atom stereocenters. The Hall–Kier alpha value is -1.19. The first-order valence-corrected chi connectivity index (χ1v) is 8.50. The van der Waals surface area contributed by atoms with E-state index in [0.717, 1.165) is 12.1 Å². The molecule has 0 aliphatic rings. The summed E-state index contributed by atoms with van der Waals surface area (Å²) in [6.45, 7) is 0. The third-order valence-corrected chi connectivity index (χ3v) is 4.91. The van der Waals surface area contributed by atoms with E-state index in [1.54, 1.807) is 0 Å². The van der Waals surface area contributed by atoms with Crippen LogP contribution in [0.3, 0.4) is 0 Å². The minimum absolute atomic E-state index is 0.0540. The molecule has 3 N–H and O–H groups in total. The Bertz CT molecular complexity index is 813. The lowest BCUT2D eigenvalue weighted by molar-refractivity contribution is 0.566. The summed E-state index contributed by atoms with van der Waals surface area (Å²) >= 11 is 5.97. The largest absolute Gasteiger partial charge is 0.399 e. The highest BCUT2D eigenvalue weighted by molar-refractivity contribution is 9.10. The summed E-state index contributed by atoms with van der Waals surface area (Å²) in [5, 5.41) is 0. The first kappa shape index (κ1) is 16.2. The van der Waals surface area contributed by atoms with Crippen LogP contribution in [0.1, 0.15) is 0 Å². The second-order valence-electron chi connectivity index (χ2n) is 4.04. The molecule has 0 amide bonds.